The second-order valence-electron chi connectivity index (χ2n) is 9.15. The van der Waals surface area contributed by atoms with Crippen molar-refractivity contribution in [2.75, 3.05) is 34.3 Å². The third-order valence-electron chi connectivity index (χ3n) is 4.73. The fraction of sp³-hybridized carbons (Fsp3) is 0.667. The van der Waals surface area contributed by atoms with Gasteiger partial charge in [0.2, 0.25) is 0 Å². The molecule has 0 amide bonds. The normalized spacial score (nSPS) is 13.9. The molecule has 0 aliphatic carbocycles. The first-order chi connectivity index (χ1) is 14.8. The Morgan fingerprint density at radius 3 is 1.74 bits per heavy atom. The number of quaternary nitrogens is 1. The molecule has 0 radical (unpaired) electrons. The van der Waals surface area contributed by atoms with E-state index in [-0.39, 0.29) is 12.5 Å². The molecule has 1 unspecified atom stereocenters. The third kappa shape index (κ3) is 24.5. The minimum Gasteiger partial charge on any atom is -0.481 e. The Bertz CT molecular complexity index is 541. The first kappa shape index (κ1) is 29.4. The van der Waals surface area contributed by atoms with Crippen LogP contribution in [0.3, 0.4) is 0 Å². The SMILES string of the molecule is CCCCC/C=C\C/C=C\C/C=C\C/C=C\CCCCOC(CC(=O)O)C[N+](C)(C)C. The lowest BCUT2D eigenvalue weighted by atomic mass is 10.2. The lowest BCUT2D eigenvalue weighted by Crippen LogP contribution is -2.43. The minimum absolute atomic E-state index is 0.0761. The zero-order valence-electron chi connectivity index (χ0n) is 20.6. The molecule has 178 valence electrons. The van der Waals surface area contributed by atoms with Gasteiger partial charge in [-0.05, 0) is 51.4 Å². The molecular weight excluding hydrogens is 386 g/mol. The Morgan fingerprint density at radius 1 is 0.806 bits per heavy atom. The van der Waals surface area contributed by atoms with Crippen molar-refractivity contribution in [2.24, 2.45) is 0 Å². The van der Waals surface area contributed by atoms with Crippen LogP contribution in [0.5, 0.6) is 0 Å². The maximum atomic E-state index is 11.0. The molecule has 0 saturated heterocycles. The van der Waals surface area contributed by atoms with Gasteiger partial charge < -0.3 is 14.3 Å². The predicted octanol–water partition coefficient (Wildman–Crippen LogP) is 6.70. The van der Waals surface area contributed by atoms with Crippen LogP contribution in [0.4, 0.5) is 0 Å². The largest absolute Gasteiger partial charge is 0.481 e. The quantitative estimate of drug-likeness (QED) is 0.132. The number of nitrogens with zero attached hydrogens (tertiary/aromatic N) is 1. The van der Waals surface area contributed by atoms with Gasteiger partial charge in [0.25, 0.3) is 0 Å². The molecule has 4 heteroatoms. The summed E-state index contributed by atoms with van der Waals surface area (Å²) in [7, 11) is 6.17. The second-order valence-corrected chi connectivity index (χ2v) is 9.15. The van der Waals surface area contributed by atoms with Crippen LogP contribution in [-0.4, -0.2) is 56.0 Å². The van der Waals surface area contributed by atoms with E-state index in [1.807, 2.05) is 0 Å². The Hall–Kier alpha value is -1.65. The summed E-state index contributed by atoms with van der Waals surface area (Å²) < 4.78 is 6.52. The van der Waals surface area contributed by atoms with Crippen molar-refractivity contribution in [3.63, 3.8) is 0 Å². The van der Waals surface area contributed by atoms with E-state index in [9.17, 15) is 4.79 Å². The van der Waals surface area contributed by atoms with E-state index < -0.39 is 5.97 Å². The molecule has 1 atom stereocenters. The zero-order chi connectivity index (χ0) is 23.2. The van der Waals surface area contributed by atoms with Gasteiger partial charge in [-0.3, -0.25) is 4.79 Å². The molecule has 0 heterocycles. The summed E-state index contributed by atoms with van der Waals surface area (Å²) in [5, 5.41) is 9.03. The number of carboxylic acids is 1. The van der Waals surface area contributed by atoms with Crippen LogP contribution in [-0.2, 0) is 9.53 Å². The zero-order valence-corrected chi connectivity index (χ0v) is 20.6. The second kappa shape index (κ2) is 20.3. The van der Waals surface area contributed by atoms with Crippen molar-refractivity contribution < 1.29 is 19.1 Å². The first-order valence-electron chi connectivity index (χ1n) is 12.1. The number of likely N-dealkylation sites (N-methyl/N-ethyl adjacent to an activating group) is 1. The van der Waals surface area contributed by atoms with E-state index in [0.29, 0.717) is 17.6 Å². The standard InChI is InChI=1S/C27H47NO3/c1-5-6-7-8-9-10-11-12-13-14-15-16-17-18-19-20-21-22-23-31-26(24-27(29)30)25-28(2,3)4/h9-10,12-13,15-16,18-19,26H,5-8,11,14,17,20-25H2,1-4H3/p+1/b10-9-,13-12-,16-15-,19-18-. The monoisotopic (exact) mass is 434 g/mol. The van der Waals surface area contributed by atoms with Crippen LogP contribution in [0.2, 0.25) is 0 Å². The minimum atomic E-state index is -0.792. The lowest BCUT2D eigenvalue weighted by molar-refractivity contribution is -0.873. The molecule has 0 aromatic rings. The molecule has 0 saturated carbocycles. The van der Waals surface area contributed by atoms with Gasteiger partial charge in [-0.15, -0.1) is 0 Å². The van der Waals surface area contributed by atoms with Gasteiger partial charge >= 0.3 is 5.97 Å². The highest BCUT2D eigenvalue weighted by Gasteiger charge is 2.21. The van der Waals surface area contributed by atoms with Crippen molar-refractivity contribution in [2.45, 2.75) is 83.7 Å². The number of hydrogen-bond donors (Lipinski definition) is 1. The molecule has 0 aromatic carbocycles. The Balaban J connectivity index is 3.69. The van der Waals surface area contributed by atoms with E-state index in [1.54, 1.807) is 0 Å². The van der Waals surface area contributed by atoms with Crippen molar-refractivity contribution in [1.82, 2.24) is 0 Å². The molecule has 0 aromatic heterocycles. The molecule has 4 nitrogen and oxygen atoms in total. The van der Waals surface area contributed by atoms with E-state index in [0.717, 1.165) is 38.5 Å². The number of carboxylic acid groups (broad SMARTS) is 1. The summed E-state index contributed by atoms with van der Waals surface area (Å²) in [4.78, 5) is 11.0. The fourth-order valence-electron chi connectivity index (χ4n) is 3.16. The average molecular weight is 435 g/mol. The van der Waals surface area contributed by atoms with Crippen LogP contribution < -0.4 is 0 Å². The van der Waals surface area contributed by atoms with E-state index in [1.165, 1.54) is 25.7 Å². The van der Waals surface area contributed by atoms with Crippen molar-refractivity contribution in [1.29, 1.82) is 0 Å². The smallest absolute Gasteiger partial charge is 0.306 e. The number of carbonyl (C=O) groups is 1. The van der Waals surface area contributed by atoms with Crippen LogP contribution in [0, 0.1) is 0 Å². The molecule has 0 spiro atoms. The predicted molar refractivity (Wildman–Crippen MR) is 133 cm³/mol. The van der Waals surface area contributed by atoms with Gasteiger partial charge in [-0.25, -0.2) is 0 Å². The summed E-state index contributed by atoms with van der Waals surface area (Å²) in [6, 6.07) is 0. The van der Waals surface area contributed by atoms with Crippen LogP contribution in [0.15, 0.2) is 48.6 Å². The average Bonchev–Trinajstić information content (AvgIpc) is 2.68. The molecule has 0 fully saturated rings. The van der Waals surface area contributed by atoms with E-state index in [2.05, 4.69) is 76.7 Å². The fourth-order valence-corrected chi connectivity index (χ4v) is 3.16. The summed E-state index contributed by atoms with van der Waals surface area (Å²) in [6.07, 6.45) is 29.0. The van der Waals surface area contributed by atoms with Crippen LogP contribution in [0.1, 0.15) is 77.6 Å². The highest BCUT2D eigenvalue weighted by atomic mass is 16.5. The van der Waals surface area contributed by atoms with Crippen LogP contribution >= 0.6 is 0 Å². The van der Waals surface area contributed by atoms with Gasteiger partial charge in [-0.2, -0.15) is 0 Å². The number of rotatable bonds is 20. The van der Waals surface area contributed by atoms with Crippen molar-refractivity contribution in [3.05, 3.63) is 48.6 Å². The highest BCUT2D eigenvalue weighted by molar-refractivity contribution is 5.67. The van der Waals surface area contributed by atoms with Crippen molar-refractivity contribution in [3.8, 4) is 0 Å². The summed E-state index contributed by atoms with van der Waals surface area (Å²) in [5.74, 6) is -0.792. The molecule has 0 bridgehead atoms. The molecule has 0 aliphatic heterocycles. The molecule has 1 N–H and O–H groups in total. The van der Waals surface area contributed by atoms with Gasteiger partial charge in [-0.1, -0.05) is 68.4 Å². The summed E-state index contributed by atoms with van der Waals surface area (Å²) in [5.41, 5.74) is 0. The highest BCUT2D eigenvalue weighted by Crippen LogP contribution is 2.07. The maximum absolute atomic E-state index is 11.0. The Kier molecular flexibility index (Phi) is 19.2. The summed E-state index contributed by atoms with van der Waals surface area (Å²) in [6.45, 7) is 3.58. The van der Waals surface area contributed by atoms with Crippen molar-refractivity contribution >= 4 is 5.97 Å². The topological polar surface area (TPSA) is 46.5 Å². The first-order valence-corrected chi connectivity index (χ1v) is 12.1. The third-order valence-corrected chi connectivity index (χ3v) is 4.73. The Labute approximate surface area is 192 Å². The summed E-state index contributed by atoms with van der Waals surface area (Å²) >= 11 is 0. The van der Waals surface area contributed by atoms with E-state index >= 15 is 0 Å². The molecular formula is C27H48NO3+. The van der Waals surface area contributed by atoms with Gasteiger partial charge in [0.05, 0.1) is 27.6 Å². The molecule has 31 heavy (non-hydrogen) atoms. The molecule has 0 rings (SSSR count). The van der Waals surface area contributed by atoms with Gasteiger partial charge in [0, 0.05) is 6.61 Å². The number of hydrogen-bond acceptors (Lipinski definition) is 2. The lowest BCUT2D eigenvalue weighted by Gasteiger charge is -2.28. The van der Waals surface area contributed by atoms with Crippen LogP contribution in [0.25, 0.3) is 0 Å². The van der Waals surface area contributed by atoms with Gasteiger partial charge in [0.1, 0.15) is 12.6 Å². The van der Waals surface area contributed by atoms with Gasteiger partial charge in [0.15, 0.2) is 0 Å². The van der Waals surface area contributed by atoms with E-state index in [4.69, 9.17) is 9.84 Å². The molecule has 0 aliphatic rings. The Morgan fingerprint density at radius 2 is 1.29 bits per heavy atom. The maximum Gasteiger partial charge on any atom is 0.306 e. The number of unbranched alkanes of at least 4 members (excludes halogenated alkanes) is 5. The number of ether oxygens (including phenoxy) is 1. The number of aliphatic carboxylic acids is 1. The number of allylic oxidation sites excluding steroid dienone is 8.